The average Bonchev–Trinajstić information content (AvgIpc) is 3.06. The molecule has 3 aromatic rings. The maximum absolute atomic E-state index is 6.27. The van der Waals surface area contributed by atoms with Crippen LogP contribution in [0, 0.1) is 0 Å². The van der Waals surface area contributed by atoms with Crippen LogP contribution >= 0.6 is 0 Å². The summed E-state index contributed by atoms with van der Waals surface area (Å²) in [4.78, 5) is 4.37. The van der Waals surface area contributed by atoms with Crippen LogP contribution in [0.5, 0.6) is 0 Å². The van der Waals surface area contributed by atoms with E-state index < -0.39 is 0 Å². The van der Waals surface area contributed by atoms with Gasteiger partial charge >= 0.3 is 0 Å². The number of hydrogen-bond acceptors (Lipinski definition) is 3. The lowest BCUT2D eigenvalue weighted by molar-refractivity contribution is 0.449. The summed E-state index contributed by atoms with van der Waals surface area (Å²) in [6.45, 7) is 2.84. The quantitative estimate of drug-likeness (QED) is 0.773. The first-order valence-corrected chi connectivity index (χ1v) is 7.02. The van der Waals surface area contributed by atoms with Gasteiger partial charge in [-0.1, -0.05) is 25.1 Å². The number of nitrogens with zero attached hydrogens (tertiary/aromatic N) is 2. The Hall–Kier alpha value is -2.07. The summed E-state index contributed by atoms with van der Waals surface area (Å²) in [6, 6.07) is 9.84. The molecule has 0 aliphatic heterocycles. The summed E-state index contributed by atoms with van der Waals surface area (Å²) in [5.41, 5.74) is 7.16. The van der Waals surface area contributed by atoms with E-state index in [0.717, 1.165) is 35.4 Å². The number of nitrogens with two attached hydrogens (primary N) is 1. The second kappa shape index (κ2) is 5.51. The average molecular weight is 269 g/mol. The fourth-order valence-corrected chi connectivity index (χ4v) is 2.45. The van der Waals surface area contributed by atoms with Gasteiger partial charge in [0.2, 0.25) is 0 Å². The molecule has 4 heteroatoms. The summed E-state index contributed by atoms with van der Waals surface area (Å²) < 4.78 is 7.93. The molecule has 0 aliphatic carbocycles. The Kier molecular flexibility index (Phi) is 3.56. The molecule has 2 N–H and O–H groups in total. The van der Waals surface area contributed by atoms with Gasteiger partial charge in [-0.3, -0.25) is 0 Å². The van der Waals surface area contributed by atoms with Gasteiger partial charge < -0.3 is 14.7 Å². The number of aryl methyl sites for hydroxylation is 1. The van der Waals surface area contributed by atoms with E-state index in [0.29, 0.717) is 6.54 Å². The molecule has 1 unspecified atom stereocenters. The molecule has 2 heterocycles. The van der Waals surface area contributed by atoms with Gasteiger partial charge in [-0.15, -0.1) is 0 Å². The Balaban J connectivity index is 1.81. The number of hydrogen-bond donors (Lipinski definition) is 1. The van der Waals surface area contributed by atoms with E-state index in [2.05, 4.69) is 16.5 Å². The second-order valence-corrected chi connectivity index (χ2v) is 5.04. The SMILES string of the molecule is CCCc1nccn1CC(N)c1cc2ccccc2o1. The maximum atomic E-state index is 6.27. The van der Waals surface area contributed by atoms with Crippen molar-refractivity contribution in [2.24, 2.45) is 5.73 Å². The van der Waals surface area contributed by atoms with Crippen LogP contribution in [0.3, 0.4) is 0 Å². The Morgan fingerprint density at radius 2 is 2.20 bits per heavy atom. The minimum absolute atomic E-state index is 0.160. The van der Waals surface area contributed by atoms with Crippen molar-refractivity contribution in [3.8, 4) is 0 Å². The third-order valence-electron chi connectivity index (χ3n) is 3.48. The highest BCUT2D eigenvalue weighted by Gasteiger charge is 2.14. The Morgan fingerprint density at radius 1 is 1.35 bits per heavy atom. The molecule has 104 valence electrons. The van der Waals surface area contributed by atoms with Gasteiger partial charge in [-0.2, -0.15) is 0 Å². The van der Waals surface area contributed by atoms with Crippen LogP contribution in [-0.4, -0.2) is 9.55 Å². The van der Waals surface area contributed by atoms with Crippen LogP contribution in [-0.2, 0) is 13.0 Å². The zero-order valence-electron chi connectivity index (χ0n) is 11.6. The molecule has 0 radical (unpaired) electrons. The monoisotopic (exact) mass is 269 g/mol. The van der Waals surface area contributed by atoms with Crippen molar-refractivity contribution in [2.45, 2.75) is 32.4 Å². The number of imidazole rings is 1. The van der Waals surface area contributed by atoms with Gasteiger partial charge in [0.25, 0.3) is 0 Å². The Bertz CT molecular complexity index is 665. The van der Waals surface area contributed by atoms with Crippen molar-refractivity contribution in [1.82, 2.24) is 9.55 Å². The first-order chi connectivity index (χ1) is 9.78. The molecular formula is C16H19N3O. The molecule has 0 amide bonds. The van der Waals surface area contributed by atoms with Crippen molar-refractivity contribution in [3.05, 3.63) is 54.3 Å². The maximum Gasteiger partial charge on any atom is 0.134 e. The molecule has 3 rings (SSSR count). The highest BCUT2D eigenvalue weighted by molar-refractivity contribution is 5.77. The van der Waals surface area contributed by atoms with Crippen molar-refractivity contribution in [3.63, 3.8) is 0 Å². The van der Waals surface area contributed by atoms with Crippen molar-refractivity contribution < 1.29 is 4.42 Å². The van der Waals surface area contributed by atoms with Gasteiger partial charge in [0.05, 0.1) is 6.04 Å². The van der Waals surface area contributed by atoms with Gasteiger partial charge in [-0.25, -0.2) is 4.98 Å². The van der Waals surface area contributed by atoms with E-state index in [1.807, 2.05) is 42.7 Å². The fraction of sp³-hybridized carbons (Fsp3) is 0.312. The van der Waals surface area contributed by atoms with E-state index in [-0.39, 0.29) is 6.04 Å². The van der Waals surface area contributed by atoms with E-state index in [1.54, 1.807) is 0 Å². The van der Waals surface area contributed by atoms with Crippen LogP contribution in [0.25, 0.3) is 11.0 Å². The summed E-state index contributed by atoms with van der Waals surface area (Å²) in [5, 5.41) is 1.09. The number of aromatic nitrogens is 2. The minimum Gasteiger partial charge on any atom is -0.459 e. The number of benzene rings is 1. The predicted octanol–water partition coefficient (Wildman–Crippen LogP) is 3.28. The molecule has 20 heavy (non-hydrogen) atoms. The highest BCUT2D eigenvalue weighted by Crippen LogP contribution is 2.23. The van der Waals surface area contributed by atoms with Crippen LogP contribution in [0.1, 0.15) is 31.0 Å². The molecule has 4 nitrogen and oxygen atoms in total. The first-order valence-electron chi connectivity index (χ1n) is 7.02. The highest BCUT2D eigenvalue weighted by atomic mass is 16.3. The van der Waals surface area contributed by atoms with E-state index in [1.165, 1.54) is 0 Å². The lowest BCUT2D eigenvalue weighted by Gasteiger charge is -2.12. The molecule has 1 atom stereocenters. The van der Waals surface area contributed by atoms with Gasteiger partial charge in [-0.05, 0) is 18.6 Å². The van der Waals surface area contributed by atoms with E-state index in [9.17, 15) is 0 Å². The van der Waals surface area contributed by atoms with E-state index >= 15 is 0 Å². The van der Waals surface area contributed by atoms with Crippen LogP contribution in [0.4, 0.5) is 0 Å². The van der Waals surface area contributed by atoms with Gasteiger partial charge in [0.1, 0.15) is 17.2 Å². The molecular weight excluding hydrogens is 250 g/mol. The number of fused-ring (bicyclic) bond motifs is 1. The number of para-hydroxylation sites is 1. The molecule has 0 spiro atoms. The second-order valence-electron chi connectivity index (χ2n) is 5.04. The number of rotatable bonds is 5. The first kappa shape index (κ1) is 12.9. The lowest BCUT2D eigenvalue weighted by Crippen LogP contribution is -2.18. The van der Waals surface area contributed by atoms with Gasteiger partial charge in [0.15, 0.2) is 0 Å². The van der Waals surface area contributed by atoms with Crippen molar-refractivity contribution in [1.29, 1.82) is 0 Å². The summed E-state index contributed by atoms with van der Waals surface area (Å²) in [5.74, 6) is 1.90. The third kappa shape index (κ3) is 2.47. The molecule has 0 aliphatic rings. The minimum atomic E-state index is -0.160. The third-order valence-corrected chi connectivity index (χ3v) is 3.48. The molecule has 0 saturated heterocycles. The summed E-state index contributed by atoms with van der Waals surface area (Å²) in [6.07, 6.45) is 5.86. The topological polar surface area (TPSA) is 57.0 Å². The smallest absolute Gasteiger partial charge is 0.134 e. The van der Waals surface area contributed by atoms with Crippen LogP contribution in [0.2, 0.25) is 0 Å². The summed E-state index contributed by atoms with van der Waals surface area (Å²) in [7, 11) is 0. The largest absolute Gasteiger partial charge is 0.459 e. The standard InChI is InChI=1S/C16H19N3O/c1-2-5-16-18-8-9-19(16)11-13(17)15-10-12-6-3-4-7-14(12)20-15/h3-4,6-10,13H,2,5,11,17H2,1H3. The van der Waals surface area contributed by atoms with Crippen molar-refractivity contribution >= 4 is 11.0 Å². The molecule has 2 aromatic heterocycles. The summed E-state index contributed by atoms with van der Waals surface area (Å²) >= 11 is 0. The van der Waals surface area contributed by atoms with Crippen LogP contribution < -0.4 is 5.73 Å². The zero-order valence-corrected chi connectivity index (χ0v) is 11.6. The normalized spacial score (nSPS) is 12.9. The Labute approximate surface area is 118 Å². The molecule has 0 bridgehead atoms. The van der Waals surface area contributed by atoms with Gasteiger partial charge in [0, 0.05) is 30.7 Å². The Morgan fingerprint density at radius 3 is 3.00 bits per heavy atom. The van der Waals surface area contributed by atoms with E-state index in [4.69, 9.17) is 10.2 Å². The fourth-order valence-electron chi connectivity index (χ4n) is 2.45. The zero-order chi connectivity index (χ0) is 13.9. The molecule has 0 fully saturated rings. The molecule has 1 aromatic carbocycles. The predicted molar refractivity (Wildman–Crippen MR) is 79.4 cm³/mol. The van der Waals surface area contributed by atoms with Crippen LogP contribution in [0.15, 0.2) is 47.1 Å². The van der Waals surface area contributed by atoms with Crippen molar-refractivity contribution in [2.75, 3.05) is 0 Å². The molecule has 0 saturated carbocycles. The number of furan rings is 1. The lowest BCUT2D eigenvalue weighted by atomic mass is 10.2.